The molecule has 2 heterocycles. The van der Waals surface area contributed by atoms with Crippen LogP contribution < -0.4 is 10.1 Å². The Morgan fingerprint density at radius 2 is 2.00 bits per heavy atom. The van der Waals surface area contributed by atoms with Crippen LogP contribution in [0.2, 0.25) is 10.0 Å². The van der Waals surface area contributed by atoms with E-state index in [4.69, 9.17) is 27.9 Å². The third-order valence-corrected chi connectivity index (χ3v) is 5.00. The van der Waals surface area contributed by atoms with Crippen molar-refractivity contribution >= 4 is 23.2 Å². The minimum absolute atomic E-state index is 0.576. The van der Waals surface area contributed by atoms with Gasteiger partial charge in [-0.3, -0.25) is 9.80 Å². The molecule has 3 rings (SSSR count). The van der Waals surface area contributed by atoms with E-state index in [0.29, 0.717) is 28.4 Å². The van der Waals surface area contributed by atoms with Crippen LogP contribution in [0.1, 0.15) is 6.42 Å². The predicted molar refractivity (Wildman–Crippen MR) is 91.2 cm³/mol. The lowest BCUT2D eigenvalue weighted by molar-refractivity contribution is 0.165. The number of rotatable bonds is 5. The third kappa shape index (κ3) is 4.27. The molecule has 122 valence electrons. The lowest BCUT2D eigenvalue weighted by Gasteiger charge is -2.32. The molecule has 2 aliphatic heterocycles. The Kier molecular flexibility index (Phi) is 5.83. The van der Waals surface area contributed by atoms with Gasteiger partial charge in [0.05, 0.1) is 5.02 Å². The largest absolute Gasteiger partial charge is 0.491 e. The Morgan fingerprint density at radius 1 is 1.18 bits per heavy atom. The Labute approximate surface area is 142 Å². The molecule has 1 aromatic carbocycles. The molecule has 0 amide bonds. The van der Waals surface area contributed by atoms with Crippen LogP contribution in [0, 0.1) is 0 Å². The van der Waals surface area contributed by atoms with Crippen molar-refractivity contribution in [3.05, 3.63) is 28.2 Å². The first-order valence-electron chi connectivity index (χ1n) is 7.97. The van der Waals surface area contributed by atoms with Crippen LogP contribution in [-0.2, 0) is 0 Å². The molecule has 6 heteroatoms. The molecular weight excluding hydrogens is 321 g/mol. The van der Waals surface area contributed by atoms with E-state index in [1.807, 2.05) is 6.07 Å². The topological polar surface area (TPSA) is 27.7 Å². The first-order chi connectivity index (χ1) is 10.7. The fourth-order valence-electron chi connectivity index (χ4n) is 3.24. The number of benzene rings is 1. The number of nitrogens with one attached hydrogen (secondary N) is 1. The molecule has 0 spiro atoms. The second kappa shape index (κ2) is 7.84. The van der Waals surface area contributed by atoms with Gasteiger partial charge in [-0.25, -0.2) is 0 Å². The Hall–Kier alpha value is -0.520. The van der Waals surface area contributed by atoms with Crippen molar-refractivity contribution in [3.63, 3.8) is 0 Å². The molecular formula is C16H23Cl2N3O. The highest BCUT2D eigenvalue weighted by atomic mass is 35.5. The van der Waals surface area contributed by atoms with Gasteiger partial charge < -0.3 is 10.1 Å². The molecule has 22 heavy (non-hydrogen) atoms. The number of nitrogens with zero attached hydrogens (tertiary/aromatic N) is 2. The molecule has 0 saturated carbocycles. The fourth-order valence-corrected chi connectivity index (χ4v) is 3.70. The van der Waals surface area contributed by atoms with Crippen molar-refractivity contribution in [1.82, 2.24) is 15.1 Å². The summed E-state index contributed by atoms with van der Waals surface area (Å²) in [5.41, 5.74) is 0. The lowest BCUT2D eigenvalue weighted by atomic mass is 10.2. The monoisotopic (exact) mass is 343 g/mol. The van der Waals surface area contributed by atoms with Crippen molar-refractivity contribution in [2.45, 2.75) is 12.5 Å². The molecule has 1 N–H and O–H groups in total. The molecule has 1 unspecified atom stereocenters. The summed E-state index contributed by atoms with van der Waals surface area (Å²) in [7, 11) is 0. The number of hydrogen-bond donors (Lipinski definition) is 1. The van der Waals surface area contributed by atoms with Crippen LogP contribution in [0.5, 0.6) is 5.75 Å². The molecule has 1 aromatic rings. The zero-order valence-corrected chi connectivity index (χ0v) is 14.2. The van der Waals surface area contributed by atoms with Gasteiger partial charge in [0.25, 0.3) is 0 Å². The van der Waals surface area contributed by atoms with E-state index in [2.05, 4.69) is 15.1 Å². The Morgan fingerprint density at radius 3 is 2.77 bits per heavy atom. The summed E-state index contributed by atoms with van der Waals surface area (Å²) in [6.07, 6.45) is 1.27. The molecule has 2 aliphatic rings. The SMILES string of the molecule is Clc1ccc(OCCN2CCC(N3CCNCC3)C2)c(Cl)c1. The van der Waals surface area contributed by atoms with Crippen molar-refractivity contribution < 1.29 is 4.74 Å². The van der Waals surface area contributed by atoms with Crippen LogP contribution in [0.4, 0.5) is 0 Å². The maximum atomic E-state index is 6.11. The quantitative estimate of drug-likeness (QED) is 0.888. The zero-order chi connectivity index (χ0) is 15.4. The van der Waals surface area contributed by atoms with Crippen molar-refractivity contribution in [2.75, 3.05) is 52.4 Å². The summed E-state index contributed by atoms with van der Waals surface area (Å²) >= 11 is 12.0. The van der Waals surface area contributed by atoms with E-state index >= 15 is 0 Å². The van der Waals surface area contributed by atoms with Gasteiger partial charge in [-0.1, -0.05) is 23.2 Å². The summed E-state index contributed by atoms with van der Waals surface area (Å²) in [6, 6.07) is 6.06. The normalized spacial score (nSPS) is 23.8. The summed E-state index contributed by atoms with van der Waals surface area (Å²) in [4.78, 5) is 5.10. The van der Waals surface area contributed by atoms with Crippen LogP contribution in [0.15, 0.2) is 18.2 Å². The number of hydrogen-bond acceptors (Lipinski definition) is 4. The molecule has 0 bridgehead atoms. The number of piperazine rings is 1. The first-order valence-corrected chi connectivity index (χ1v) is 8.73. The predicted octanol–water partition coefficient (Wildman–Crippen LogP) is 2.35. The molecule has 2 fully saturated rings. The van der Waals surface area contributed by atoms with E-state index < -0.39 is 0 Å². The van der Waals surface area contributed by atoms with E-state index in [-0.39, 0.29) is 0 Å². The highest BCUT2D eigenvalue weighted by Gasteiger charge is 2.28. The summed E-state index contributed by atoms with van der Waals surface area (Å²) in [6.45, 7) is 8.51. The van der Waals surface area contributed by atoms with Gasteiger partial charge >= 0.3 is 0 Å². The average molecular weight is 344 g/mol. The van der Waals surface area contributed by atoms with Crippen molar-refractivity contribution in [2.24, 2.45) is 0 Å². The zero-order valence-electron chi connectivity index (χ0n) is 12.7. The maximum absolute atomic E-state index is 6.11. The van der Waals surface area contributed by atoms with Crippen molar-refractivity contribution in [1.29, 1.82) is 0 Å². The number of ether oxygens (including phenoxy) is 1. The van der Waals surface area contributed by atoms with Gasteiger partial charge in [0.2, 0.25) is 0 Å². The van der Waals surface area contributed by atoms with Gasteiger partial charge in [0.15, 0.2) is 0 Å². The molecule has 0 aromatic heterocycles. The van der Waals surface area contributed by atoms with Gasteiger partial charge in [0.1, 0.15) is 12.4 Å². The van der Waals surface area contributed by atoms with E-state index in [1.165, 1.54) is 19.5 Å². The third-order valence-electron chi connectivity index (χ3n) is 4.47. The van der Waals surface area contributed by atoms with Crippen LogP contribution in [-0.4, -0.2) is 68.3 Å². The number of likely N-dealkylation sites (tertiary alicyclic amines) is 1. The molecule has 0 radical (unpaired) electrons. The summed E-state index contributed by atoms with van der Waals surface area (Å²) in [5.74, 6) is 0.712. The van der Waals surface area contributed by atoms with Gasteiger partial charge in [0, 0.05) is 50.3 Å². The van der Waals surface area contributed by atoms with E-state index in [1.54, 1.807) is 12.1 Å². The molecule has 4 nitrogen and oxygen atoms in total. The molecule has 1 atom stereocenters. The number of halogens is 2. The first kappa shape index (κ1) is 16.3. The maximum Gasteiger partial charge on any atom is 0.138 e. The van der Waals surface area contributed by atoms with Gasteiger partial charge in [-0.2, -0.15) is 0 Å². The standard InChI is InChI=1S/C16H23Cl2N3O/c17-13-1-2-16(15(18)11-13)22-10-9-20-6-3-14(12-20)21-7-4-19-5-8-21/h1-2,11,14,19H,3-10,12H2. The van der Waals surface area contributed by atoms with Gasteiger partial charge in [-0.15, -0.1) is 0 Å². The summed E-state index contributed by atoms with van der Waals surface area (Å²) < 4.78 is 5.78. The highest BCUT2D eigenvalue weighted by Crippen LogP contribution is 2.27. The lowest BCUT2D eigenvalue weighted by Crippen LogP contribution is -2.49. The van der Waals surface area contributed by atoms with Crippen LogP contribution in [0.3, 0.4) is 0 Å². The Bertz CT molecular complexity index is 494. The van der Waals surface area contributed by atoms with E-state index in [0.717, 1.165) is 32.7 Å². The minimum atomic E-state index is 0.576. The highest BCUT2D eigenvalue weighted by molar-refractivity contribution is 6.35. The van der Waals surface area contributed by atoms with E-state index in [9.17, 15) is 0 Å². The smallest absolute Gasteiger partial charge is 0.138 e. The Balaban J connectivity index is 1.41. The van der Waals surface area contributed by atoms with Crippen LogP contribution >= 0.6 is 23.2 Å². The molecule has 2 saturated heterocycles. The second-order valence-electron chi connectivity index (χ2n) is 5.95. The van der Waals surface area contributed by atoms with Crippen molar-refractivity contribution in [3.8, 4) is 5.75 Å². The van der Waals surface area contributed by atoms with Crippen LogP contribution in [0.25, 0.3) is 0 Å². The minimum Gasteiger partial charge on any atom is -0.491 e. The summed E-state index contributed by atoms with van der Waals surface area (Å²) in [5, 5.41) is 4.63. The second-order valence-corrected chi connectivity index (χ2v) is 6.80. The fraction of sp³-hybridized carbons (Fsp3) is 0.625. The van der Waals surface area contributed by atoms with Gasteiger partial charge in [-0.05, 0) is 31.2 Å². The average Bonchev–Trinajstić information content (AvgIpc) is 2.99. The molecule has 0 aliphatic carbocycles.